The molecule has 90 valence electrons. The van der Waals surface area contributed by atoms with Gasteiger partial charge in [0.25, 0.3) is 6.20 Å². The molecule has 0 N–H and O–H groups in total. The molecule has 17 heavy (non-hydrogen) atoms. The summed E-state index contributed by atoms with van der Waals surface area (Å²) in [6.45, 7) is 1.34. The van der Waals surface area contributed by atoms with Gasteiger partial charge in [-0.2, -0.15) is 0 Å². The molecule has 1 aliphatic rings. The Labute approximate surface area is 108 Å². The highest BCUT2D eigenvalue weighted by atomic mass is 35.5. The largest absolute Gasteiger partial charge is 0.356 e. The molecule has 2 heterocycles. The van der Waals surface area contributed by atoms with Crippen LogP contribution in [0.2, 0.25) is 5.02 Å². The molecule has 7 heteroatoms. The van der Waals surface area contributed by atoms with Crippen LogP contribution in [0.4, 0.5) is 0 Å². The maximum Gasteiger partial charge on any atom is 0.264 e. The summed E-state index contributed by atoms with van der Waals surface area (Å²) < 4.78 is 0. The van der Waals surface area contributed by atoms with E-state index >= 15 is 0 Å². The normalized spacial score (nSPS) is 17.7. The van der Waals surface area contributed by atoms with Gasteiger partial charge < -0.3 is 4.90 Å². The fourth-order valence-corrected chi connectivity index (χ4v) is 2.74. The van der Waals surface area contributed by atoms with Gasteiger partial charge in [0.1, 0.15) is 5.03 Å². The summed E-state index contributed by atoms with van der Waals surface area (Å²) in [6.07, 6.45) is 4.36. The Hall–Kier alpha value is -1.27. The Balaban J connectivity index is 2.13. The van der Waals surface area contributed by atoms with E-state index in [4.69, 9.17) is 11.6 Å². The molecule has 1 saturated heterocycles. The highest BCUT2D eigenvalue weighted by molar-refractivity contribution is 8.03. The van der Waals surface area contributed by atoms with Crippen molar-refractivity contribution in [1.29, 1.82) is 0 Å². The Bertz CT molecular complexity index is 467. The zero-order chi connectivity index (χ0) is 12.3. The zero-order valence-electron chi connectivity index (χ0n) is 8.88. The molecule has 1 aromatic rings. The van der Waals surface area contributed by atoms with E-state index in [1.165, 1.54) is 11.8 Å². The maximum absolute atomic E-state index is 10.5. The third-order valence-electron chi connectivity index (χ3n) is 2.34. The number of thioether (sulfide) groups is 1. The van der Waals surface area contributed by atoms with Crippen LogP contribution in [0.15, 0.2) is 29.7 Å². The lowest BCUT2D eigenvalue weighted by Gasteiger charge is -2.17. The van der Waals surface area contributed by atoms with E-state index in [0.29, 0.717) is 16.6 Å². The number of hydrogen-bond donors (Lipinski definition) is 0. The third kappa shape index (κ3) is 3.10. The van der Waals surface area contributed by atoms with Gasteiger partial charge in [-0.25, -0.2) is 0 Å². The molecule has 0 aliphatic carbocycles. The molecule has 5 nitrogen and oxygen atoms in total. The summed E-state index contributed by atoms with van der Waals surface area (Å²) in [5.74, 6) is 0.859. The highest BCUT2D eigenvalue weighted by Crippen LogP contribution is 2.30. The third-order valence-corrected chi connectivity index (χ3v) is 3.76. The van der Waals surface area contributed by atoms with Gasteiger partial charge in [-0.3, -0.25) is 15.1 Å². The number of halogens is 1. The van der Waals surface area contributed by atoms with Crippen LogP contribution in [0.25, 0.3) is 0 Å². The highest BCUT2D eigenvalue weighted by Gasteiger charge is 2.21. The Morgan fingerprint density at radius 2 is 2.53 bits per heavy atom. The fraction of sp³-hybridized carbons (Fsp3) is 0.300. The second-order valence-electron chi connectivity index (χ2n) is 3.49. The average Bonchev–Trinajstić information content (AvgIpc) is 2.68. The van der Waals surface area contributed by atoms with Crippen molar-refractivity contribution in [3.8, 4) is 0 Å². The number of pyridine rings is 1. The van der Waals surface area contributed by atoms with E-state index in [1.807, 2.05) is 4.90 Å². The summed E-state index contributed by atoms with van der Waals surface area (Å²) >= 11 is 7.52. The minimum atomic E-state index is -0.425. The molecule has 0 atom stereocenters. The zero-order valence-corrected chi connectivity index (χ0v) is 10.4. The van der Waals surface area contributed by atoms with Crippen molar-refractivity contribution in [3.63, 3.8) is 0 Å². The molecule has 0 spiro atoms. The molecule has 0 saturated carbocycles. The molecule has 0 unspecified atom stereocenters. The Morgan fingerprint density at radius 1 is 1.71 bits per heavy atom. The minimum Gasteiger partial charge on any atom is -0.356 e. The van der Waals surface area contributed by atoms with Crippen molar-refractivity contribution in [2.24, 2.45) is 0 Å². The van der Waals surface area contributed by atoms with Gasteiger partial charge in [0, 0.05) is 41.8 Å². The van der Waals surface area contributed by atoms with Crippen molar-refractivity contribution in [2.75, 3.05) is 12.3 Å². The van der Waals surface area contributed by atoms with Crippen LogP contribution >= 0.6 is 23.4 Å². The van der Waals surface area contributed by atoms with E-state index < -0.39 is 4.92 Å². The maximum atomic E-state index is 10.5. The minimum absolute atomic E-state index is 0.425. The van der Waals surface area contributed by atoms with Crippen LogP contribution in [0, 0.1) is 10.1 Å². The summed E-state index contributed by atoms with van der Waals surface area (Å²) in [5.41, 5.74) is 0.880. The lowest BCUT2D eigenvalue weighted by Crippen LogP contribution is -2.18. The van der Waals surface area contributed by atoms with Crippen molar-refractivity contribution < 1.29 is 4.92 Å². The van der Waals surface area contributed by atoms with Crippen LogP contribution in [0.1, 0.15) is 5.56 Å². The first-order valence-electron chi connectivity index (χ1n) is 4.98. The number of hydrogen-bond acceptors (Lipinski definition) is 5. The summed E-state index contributed by atoms with van der Waals surface area (Å²) in [5, 5.41) is 11.8. The molecule has 1 aromatic heterocycles. The van der Waals surface area contributed by atoms with E-state index in [1.54, 1.807) is 18.5 Å². The van der Waals surface area contributed by atoms with Gasteiger partial charge in [0.05, 0.1) is 4.92 Å². The monoisotopic (exact) mass is 271 g/mol. The molecule has 0 bridgehead atoms. The summed E-state index contributed by atoms with van der Waals surface area (Å²) in [6, 6.07) is 1.72. The smallest absolute Gasteiger partial charge is 0.264 e. The SMILES string of the molecule is O=[N+]([O-])/C=C1/SCCN1Cc1cnccc1Cl. The Morgan fingerprint density at radius 3 is 3.24 bits per heavy atom. The van der Waals surface area contributed by atoms with Crippen LogP contribution < -0.4 is 0 Å². The van der Waals surface area contributed by atoms with E-state index in [2.05, 4.69) is 4.98 Å². The van der Waals surface area contributed by atoms with Gasteiger partial charge in [0.2, 0.25) is 0 Å². The van der Waals surface area contributed by atoms with Gasteiger partial charge in [0.15, 0.2) is 0 Å². The van der Waals surface area contributed by atoms with Crippen molar-refractivity contribution in [3.05, 3.63) is 50.4 Å². The van der Waals surface area contributed by atoms with Crippen molar-refractivity contribution in [2.45, 2.75) is 6.54 Å². The van der Waals surface area contributed by atoms with Gasteiger partial charge >= 0.3 is 0 Å². The molecule has 1 aliphatic heterocycles. The molecule has 2 rings (SSSR count). The molecule has 0 amide bonds. The lowest BCUT2D eigenvalue weighted by atomic mass is 10.2. The van der Waals surface area contributed by atoms with Crippen LogP contribution in [-0.4, -0.2) is 27.1 Å². The predicted octanol–water partition coefficient (Wildman–Crippen LogP) is 2.36. The second-order valence-corrected chi connectivity index (χ2v) is 5.01. The van der Waals surface area contributed by atoms with E-state index in [-0.39, 0.29) is 0 Å². The second kappa shape index (κ2) is 5.37. The summed E-state index contributed by atoms with van der Waals surface area (Å²) in [7, 11) is 0. The standard InChI is InChI=1S/C10H10ClN3O2S/c11-9-1-2-12-5-8(9)6-13-3-4-17-10(13)7-14(15)16/h1-2,5,7H,3-4,6H2/b10-7+. The van der Waals surface area contributed by atoms with E-state index in [0.717, 1.165) is 24.1 Å². The Kier molecular flexibility index (Phi) is 3.86. The van der Waals surface area contributed by atoms with Crippen molar-refractivity contribution >= 4 is 23.4 Å². The lowest BCUT2D eigenvalue weighted by molar-refractivity contribution is -0.403. The van der Waals surface area contributed by atoms with Crippen molar-refractivity contribution in [1.82, 2.24) is 9.88 Å². The van der Waals surface area contributed by atoms with Gasteiger partial charge in [-0.05, 0) is 6.07 Å². The number of nitro groups is 1. The molecular formula is C10H10ClN3O2S. The number of rotatable bonds is 3. The first-order valence-corrected chi connectivity index (χ1v) is 6.34. The first kappa shape index (κ1) is 12.2. The molecule has 0 radical (unpaired) electrons. The summed E-state index contributed by atoms with van der Waals surface area (Å²) in [4.78, 5) is 16.0. The van der Waals surface area contributed by atoms with Crippen LogP contribution in [-0.2, 0) is 6.54 Å². The molecule has 1 fully saturated rings. The predicted molar refractivity (Wildman–Crippen MR) is 67.2 cm³/mol. The number of aromatic nitrogens is 1. The van der Waals surface area contributed by atoms with Gasteiger partial charge in [-0.15, -0.1) is 11.8 Å². The quantitative estimate of drug-likeness (QED) is 0.624. The van der Waals surface area contributed by atoms with Crippen LogP contribution in [0.3, 0.4) is 0 Å². The molecule has 0 aromatic carbocycles. The van der Waals surface area contributed by atoms with E-state index in [9.17, 15) is 10.1 Å². The fourth-order valence-electron chi connectivity index (χ4n) is 1.56. The number of nitrogens with zero attached hydrogens (tertiary/aromatic N) is 3. The molecular weight excluding hydrogens is 262 g/mol. The average molecular weight is 272 g/mol. The first-order chi connectivity index (χ1) is 8.16. The van der Waals surface area contributed by atoms with Gasteiger partial charge in [-0.1, -0.05) is 11.6 Å². The van der Waals surface area contributed by atoms with Crippen LogP contribution in [0.5, 0.6) is 0 Å². The topological polar surface area (TPSA) is 59.3 Å².